The molecule has 0 atom stereocenters. The van der Waals surface area contributed by atoms with Crippen LogP contribution in [0.25, 0.3) is 39.8 Å². The van der Waals surface area contributed by atoms with Gasteiger partial charge in [-0.15, -0.1) is 13.2 Å². The minimum absolute atomic E-state index is 0.252. The number of rotatable bonds is 3. The van der Waals surface area contributed by atoms with E-state index in [0.29, 0.717) is 5.82 Å². The molecule has 2 heterocycles. The van der Waals surface area contributed by atoms with Crippen LogP contribution in [0.5, 0.6) is 5.75 Å². The largest absolute Gasteiger partial charge is 0.573 e. The summed E-state index contributed by atoms with van der Waals surface area (Å²) in [5.74, 6) is 0.401. The highest BCUT2D eigenvalue weighted by Gasteiger charge is 2.31. The number of ether oxygens (including phenoxy) is 1. The van der Waals surface area contributed by atoms with Crippen molar-refractivity contribution in [2.45, 2.75) is 12.8 Å². The topological polar surface area (TPSA) is 66.6 Å². The number of hydrogen-bond acceptors (Lipinski definition) is 3. The zero-order valence-electron chi connectivity index (χ0n) is 15.5. The van der Waals surface area contributed by atoms with Gasteiger partial charge >= 0.3 is 6.36 Å². The summed E-state index contributed by atoms with van der Waals surface area (Å²) in [6.07, 6.45) is 4.09. The minimum Gasteiger partial charge on any atom is -0.406 e. The van der Waals surface area contributed by atoms with Crippen LogP contribution in [0.15, 0.2) is 60.7 Å². The molecule has 0 bridgehead atoms. The fraction of sp³-hybridized carbons (Fsp3) is 0.0909. The van der Waals surface area contributed by atoms with Gasteiger partial charge in [0.05, 0.1) is 11.0 Å². The molecule has 0 saturated carbocycles. The molecule has 0 unspecified atom stereocenters. The first kappa shape index (κ1) is 18.2. The van der Waals surface area contributed by atoms with E-state index < -0.39 is 6.36 Å². The molecule has 4 aromatic rings. The van der Waals surface area contributed by atoms with E-state index in [4.69, 9.17) is 0 Å². The summed E-state index contributed by atoms with van der Waals surface area (Å²) >= 11 is 0. The van der Waals surface area contributed by atoms with Gasteiger partial charge in [0.15, 0.2) is 5.82 Å². The van der Waals surface area contributed by atoms with Gasteiger partial charge in [-0.25, -0.2) is 4.98 Å². The zero-order chi connectivity index (χ0) is 20.7. The van der Waals surface area contributed by atoms with Crippen molar-refractivity contribution in [3.63, 3.8) is 0 Å². The highest BCUT2D eigenvalue weighted by Crippen LogP contribution is 2.30. The minimum atomic E-state index is -4.71. The molecular weight excluding hydrogens is 393 g/mol. The van der Waals surface area contributed by atoms with Gasteiger partial charge in [0, 0.05) is 17.7 Å². The van der Waals surface area contributed by atoms with E-state index in [0.717, 1.165) is 45.5 Å². The molecule has 30 heavy (non-hydrogen) atoms. The van der Waals surface area contributed by atoms with Crippen LogP contribution < -0.4 is 4.74 Å². The van der Waals surface area contributed by atoms with Crippen molar-refractivity contribution in [1.82, 2.24) is 20.2 Å². The van der Waals surface area contributed by atoms with Gasteiger partial charge in [0.1, 0.15) is 11.4 Å². The molecule has 0 saturated heterocycles. The van der Waals surface area contributed by atoms with Crippen LogP contribution in [0.1, 0.15) is 11.3 Å². The predicted molar refractivity (Wildman–Crippen MR) is 108 cm³/mol. The van der Waals surface area contributed by atoms with Gasteiger partial charge in [-0.1, -0.05) is 42.5 Å². The van der Waals surface area contributed by atoms with Gasteiger partial charge in [-0.3, -0.25) is 5.10 Å². The number of halogens is 3. The monoisotopic (exact) mass is 408 g/mol. The maximum atomic E-state index is 12.3. The highest BCUT2D eigenvalue weighted by molar-refractivity contribution is 5.85. The maximum Gasteiger partial charge on any atom is 0.573 e. The first-order valence-electron chi connectivity index (χ1n) is 9.23. The maximum absolute atomic E-state index is 12.3. The van der Waals surface area contributed by atoms with Gasteiger partial charge in [0.25, 0.3) is 0 Å². The molecule has 2 N–H and O–H groups in total. The van der Waals surface area contributed by atoms with Gasteiger partial charge in [0.2, 0.25) is 0 Å². The molecule has 0 fully saturated rings. The summed E-state index contributed by atoms with van der Waals surface area (Å²) in [6, 6.07) is 11.4. The van der Waals surface area contributed by atoms with Gasteiger partial charge in [-0.05, 0) is 35.4 Å². The summed E-state index contributed by atoms with van der Waals surface area (Å²) in [7, 11) is 0. The Morgan fingerprint density at radius 3 is 2.57 bits per heavy atom. The molecule has 0 spiro atoms. The molecule has 8 heteroatoms. The van der Waals surface area contributed by atoms with E-state index >= 15 is 0 Å². The highest BCUT2D eigenvalue weighted by atomic mass is 19.4. The normalized spacial score (nSPS) is 13.4. The second kappa shape index (κ2) is 6.91. The van der Waals surface area contributed by atoms with E-state index in [1.807, 2.05) is 36.4 Å². The van der Waals surface area contributed by atoms with E-state index in [-0.39, 0.29) is 5.75 Å². The predicted octanol–water partition coefficient (Wildman–Crippen LogP) is 5.64. The Morgan fingerprint density at radius 2 is 1.77 bits per heavy atom. The summed E-state index contributed by atoms with van der Waals surface area (Å²) in [5.41, 5.74) is 5.98. The number of alkyl halides is 3. The fourth-order valence-corrected chi connectivity index (χ4v) is 3.47. The second-order valence-corrected chi connectivity index (χ2v) is 6.85. The Hall–Kier alpha value is -3.81. The molecule has 150 valence electrons. The third-order valence-corrected chi connectivity index (χ3v) is 4.84. The number of aromatic amines is 2. The lowest BCUT2D eigenvalue weighted by atomic mass is 10.1. The van der Waals surface area contributed by atoms with E-state index in [9.17, 15) is 13.2 Å². The lowest BCUT2D eigenvalue weighted by molar-refractivity contribution is -0.274. The van der Waals surface area contributed by atoms with Crippen molar-refractivity contribution in [3.8, 4) is 28.4 Å². The summed E-state index contributed by atoms with van der Waals surface area (Å²) < 4.78 is 40.9. The van der Waals surface area contributed by atoms with Gasteiger partial charge in [-0.2, -0.15) is 5.10 Å². The average molecular weight is 408 g/mol. The number of allylic oxidation sites excluding steroid dienone is 3. The molecule has 1 aliphatic carbocycles. The van der Waals surface area contributed by atoms with Crippen molar-refractivity contribution in [2.24, 2.45) is 0 Å². The first-order valence-corrected chi connectivity index (χ1v) is 9.23. The summed E-state index contributed by atoms with van der Waals surface area (Å²) in [4.78, 5) is 7.95. The quantitative estimate of drug-likeness (QED) is 0.461. The fourth-order valence-electron chi connectivity index (χ4n) is 3.47. The molecule has 0 amide bonds. The van der Waals surface area contributed by atoms with E-state index in [1.165, 1.54) is 12.1 Å². The number of nitrogens with one attached hydrogen (secondary N) is 2. The number of imidazole rings is 1. The smallest absolute Gasteiger partial charge is 0.406 e. The Morgan fingerprint density at radius 1 is 0.967 bits per heavy atom. The SMILES string of the molecule is FC(F)(F)Oc1ccc(-c2ccc3nc(-c4n[nH]c5c4C=CC=CC5)[nH]c3c2)cc1. The molecule has 5 nitrogen and oxygen atoms in total. The summed E-state index contributed by atoms with van der Waals surface area (Å²) in [5, 5.41) is 7.48. The van der Waals surface area contributed by atoms with Crippen LogP contribution in [0, 0.1) is 0 Å². The standard InChI is InChI=1S/C22H15F3N4O/c23-22(24,25)30-15-9-6-13(7-10-15)14-8-11-18-19(12-14)27-21(26-18)20-16-4-2-1-3-5-17(16)28-29-20/h1-4,6-12H,5H2,(H,26,27)(H,28,29). The van der Waals surface area contributed by atoms with Crippen LogP contribution in [0.4, 0.5) is 13.2 Å². The van der Waals surface area contributed by atoms with E-state index in [1.54, 1.807) is 12.1 Å². The molecule has 2 aromatic heterocycles. The van der Waals surface area contributed by atoms with Crippen molar-refractivity contribution < 1.29 is 17.9 Å². The Labute approximate surface area is 168 Å². The number of benzene rings is 2. The number of hydrogen-bond donors (Lipinski definition) is 2. The Bertz CT molecular complexity index is 1280. The molecule has 2 aromatic carbocycles. The number of aromatic nitrogens is 4. The number of H-pyrrole nitrogens is 2. The Kier molecular flexibility index (Phi) is 4.20. The average Bonchev–Trinajstić information content (AvgIpc) is 3.23. The molecule has 5 rings (SSSR count). The van der Waals surface area contributed by atoms with Crippen LogP contribution >= 0.6 is 0 Å². The Balaban J connectivity index is 1.47. The van der Waals surface area contributed by atoms with Gasteiger partial charge < -0.3 is 9.72 Å². The second-order valence-electron chi connectivity index (χ2n) is 6.85. The number of nitrogens with zero attached hydrogens (tertiary/aromatic N) is 2. The van der Waals surface area contributed by atoms with Crippen molar-refractivity contribution in [3.05, 3.63) is 72.0 Å². The number of fused-ring (bicyclic) bond motifs is 2. The third kappa shape index (κ3) is 3.47. The lowest BCUT2D eigenvalue weighted by Crippen LogP contribution is -2.16. The van der Waals surface area contributed by atoms with Crippen molar-refractivity contribution in [2.75, 3.05) is 0 Å². The molecule has 0 radical (unpaired) electrons. The molecule has 0 aliphatic heterocycles. The molecular formula is C22H15F3N4O. The van der Waals surface area contributed by atoms with Crippen LogP contribution in [-0.2, 0) is 6.42 Å². The van der Waals surface area contributed by atoms with Crippen molar-refractivity contribution >= 4 is 17.1 Å². The van der Waals surface area contributed by atoms with Crippen molar-refractivity contribution in [1.29, 1.82) is 0 Å². The van der Waals surface area contributed by atoms with E-state index in [2.05, 4.69) is 31.0 Å². The first-order chi connectivity index (χ1) is 14.5. The molecule has 1 aliphatic rings. The summed E-state index contributed by atoms with van der Waals surface area (Å²) in [6.45, 7) is 0. The van der Waals surface area contributed by atoms with Crippen LogP contribution in [0.3, 0.4) is 0 Å². The lowest BCUT2D eigenvalue weighted by Gasteiger charge is -2.09. The van der Waals surface area contributed by atoms with Crippen LogP contribution in [0.2, 0.25) is 0 Å². The van der Waals surface area contributed by atoms with Crippen LogP contribution in [-0.4, -0.2) is 26.5 Å². The third-order valence-electron chi connectivity index (χ3n) is 4.84. The zero-order valence-corrected chi connectivity index (χ0v) is 15.5.